The van der Waals surface area contributed by atoms with E-state index in [2.05, 4.69) is 0 Å². The quantitative estimate of drug-likeness (QED) is 0.508. The van der Waals surface area contributed by atoms with E-state index in [1.165, 1.54) is 0 Å². The van der Waals surface area contributed by atoms with E-state index in [1.807, 2.05) is 0 Å². The van der Waals surface area contributed by atoms with E-state index in [0.29, 0.717) is 12.1 Å². The molecule has 0 saturated carbocycles. The molecule has 0 saturated heterocycles. The Bertz CT molecular complexity index is 815. The molecule has 0 bridgehead atoms. The molecule has 0 radical (unpaired) electrons. The molecule has 1 unspecified atom stereocenters. The number of sulfonamides is 1. The summed E-state index contributed by atoms with van der Waals surface area (Å²) in [4.78, 5) is -1.77. The number of rotatable bonds is 4. The summed E-state index contributed by atoms with van der Waals surface area (Å²) in [5, 5.41) is -6.85. The molecule has 27 heavy (non-hydrogen) atoms. The normalized spacial score (nSPS) is 17.0. The van der Waals surface area contributed by atoms with Crippen LogP contribution >= 0.6 is 0 Å². The van der Waals surface area contributed by atoms with Crippen LogP contribution in [0.15, 0.2) is 35.2 Å². The SMILES string of the molecule is CN(S(=O)(=O)C(F)(F)F)[S+](=O)(c1ccccc1)C(F)(C(F)(F)F)C(F)(F)F. The Morgan fingerprint density at radius 2 is 1.19 bits per heavy atom. The second-order valence-electron chi connectivity index (χ2n) is 4.79. The molecule has 0 N–H and O–H groups in total. The molecule has 1 aromatic rings. The van der Waals surface area contributed by atoms with Crippen LogP contribution in [0.1, 0.15) is 0 Å². The molecule has 1 rings (SSSR count). The van der Waals surface area contributed by atoms with E-state index in [9.17, 15) is 56.5 Å². The molecule has 1 aromatic carbocycles. The highest BCUT2D eigenvalue weighted by Crippen LogP contribution is 2.57. The molecule has 16 heteroatoms. The van der Waals surface area contributed by atoms with Crippen LogP contribution in [0.4, 0.5) is 43.9 Å². The lowest BCUT2D eigenvalue weighted by Gasteiger charge is -2.33. The third-order valence-corrected chi connectivity index (χ3v) is 8.51. The molecule has 0 heterocycles. The minimum Gasteiger partial charge on any atom is -0.199 e. The number of nitrogens with zero attached hydrogens (tertiary/aromatic N) is 1. The number of benzene rings is 1. The van der Waals surface area contributed by atoms with Crippen LogP contribution in [0.5, 0.6) is 0 Å². The van der Waals surface area contributed by atoms with Crippen molar-refractivity contribution in [2.75, 3.05) is 7.05 Å². The van der Waals surface area contributed by atoms with Gasteiger partial charge in [0.15, 0.2) is 4.90 Å². The molecular weight excluding hydrogens is 448 g/mol. The van der Waals surface area contributed by atoms with Crippen molar-refractivity contribution in [2.24, 2.45) is 0 Å². The molecule has 0 fully saturated rings. The standard InChI is InChI=1S/C11H8F10NO3S2/c1-22(27(24,25)11(19,20)21)26(23,7-5-3-2-4-6-7)8(12,9(13,14)15)10(16,17)18/h2-6H,1H3/q+1. The van der Waals surface area contributed by atoms with E-state index < -0.39 is 58.7 Å². The highest BCUT2D eigenvalue weighted by atomic mass is 32.3. The Balaban J connectivity index is 4.08. The maximum Gasteiger partial charge on any atom is 0.515 e. The van der Waals surface area contributed by atoms with E-state index in [-0.39, 0.29) is 12.1 Å². The van der Waals surface area contributed by atoms with Gasteiger partial charge in [-0.3, -0.25) is 0 Å². The lowest BCUT2D eigenvalue weighted by Crippen LogP contribution is -2.66. The van der Waals surface area contributed by atoms with Crippen LogP contribution < -0.4 is 0 Å². The Morgan fingerprint density at radius 1 is 0.815 bits per heavy atom. The number of halogens is 10. The lowest BCUT2D eigenvalue weighted by molar-refractivity contribution is -0.306. The summed E-state index contributed by atoms with van der Waals surface area (Å²) in [7, 11) is -14.4. The zero-order chi connectivity index (χ0) is 21.7. The molecule has 0 aliphatic heterocycles. The topological polar surface area (TPSA) is 54.5 Å². The minimum absolute atomic E-state index is 0.177. The van der Waals surface area contributed by atoms with Gasteiger partial charge in [-0.15, -0.1) is 0 Å². The molecule has 0 amide bonds. The van der Waals surface area contributed by atoms with E-state index >= 15 is 0 Å². The molecule has 0 spiro atoms. The summed E-state index contributed by atoms with van der Waals surface area (Å²) in [5.74, 6) is 0. The van der Waals surface area contributed by atoms with Gasteiger partial charge in [0.2, 0.25) is 0 Å². The predicted molar refractivity (Wildman–Crippen MR) is 71.4 cm³/mol. The highest BCUT2D eigenvalue weighted by molar-refractivity contribution is 8.11. The van der Waals surface area contributed by atoms with Crippen molar-refractivity contribution in [1.82, 2.24) is 3.71 Å². The van der Waals surface area contributed by atoms with Crippen LogP contribution in [0.3, 0.4) is 0 Å². The van der Waals surface area contributed by atoms with Crippen LogP contribution in [-0.2, 0) is 24.4 Å². The first kappa shape index (κ1) is 23.6. The Kier molecular flexibility index (Phi) is 5.75. The lowest BCUT2D eigenvalue weighted by atomic mass is 10.3. The molecule has 156 valence electrons. The molecule has 0 aliphatic rings. The molecule has 1 atom stereocenters. The third kappa shape index (κ3) is 3.41. The van der Waals surface area contributed by atoms with Crippen molar-refractivity contribution in [3.63, 3.8) is 0 Å². The fourth-order valence-electron chi connectivity index (χ4n) is 1.85. The third-order valence-electron chi connectivity index (χ3n) is 3.17. The first-order valence-corrected chi connectivity index (χ1v) is 9.18. The van der Waals surface area contributed by atoms with Crippen LogP contribution in [-0.4, -0.2) is 42.0 Å². The van der Waals surface area contributed by atoms with E-state index in [4.69, 9.17) is 0 Å². The summed E-state index contributed by atoms with van der Waals surface area (Å²) in [6.07, 6.45) is -14.2. The first-order chi connectivity index (χ1) is 11.8. The minimum atomic E-state index is -7.09. The second kappa shape index (κ2) is 6.58. The van der Waals surface area contributed by atoms with Gasteiger partial charge in [0.05, 0.1) is 7.05 Å². The molecule has 0 aliphatic carbocycles. The second-order valence-corrected chi connectivity index (χ2v) is 9.62. The van der Waals surface area contributed by atoms with Gasteiger partial charge >= 0.3 is 32.9 Å². The molecule has 0 aromatic heterocycles. The van der Waals surface area contributed by atoms with Crippen LogP contribution in [0.25, 0.3) is 0 Å². The zero-order valence-electron chi connectivity index (χ0n) is 12.7. The van der Waals surface area contributed by atoms with Crippen molar-refractivity contribution in [3.05, 3.63) is 30.3 Å². The van der Waals surface area contributed by atoms with Crippen LogP contribution in [0, 0.1) is 0 Å². The summed E-state index contributed by atoms with van der Waals surface area (Å²) >= 11 is 0. The van der Waals surface area contributed by atoms with Gasteiger partial charge in [-0.1, -0.05) is 22.4 Å². The Labute approximate surface area is 146 Å². The van der Waals surface area contributed by atoms with Crippen molar-refractivity contribution in [3.8, 4) is 0 Å². The summed E-state index contributed by atoms with van der Waals surface area (Å²) in [5.41, 5.74) is -6.46. The number of hydrogen-bond donors (Lipinski definition) is 0. The van der Waals surface area contributed by atoms with E-state index in [0.717, 1.165) is 6.07 Å². The van der Waals surface area contributed by atoms with Crippen molar-refractivity contribution in [1.29, 1.82) is 0 Å². The molecular formula is C11H8F10NO3S2+. The summed E-state index contributed by atoms with van der Waals surface area (Å²) in [6, 6.07) is 2.57. The largest absolute Gasteiger partial charge is 0.515 e. The predicted octanol–water partition coefficient (Wildman–Crippen LogP) is 4.03. The highest BCUT2D eigenvalue weighted by Gasteiger charge is 2.90. The fraction of sp³-hybridized carbons (Fsp3) is 0.455. The van der Waals surface area contributed by atoms with Gasteiger partial charge in [-0.05, 0) is 15.8 Å². The van der Waals surface area contributed by atoms with Gasteiger partial charge in [-0.25, -0.2) is 0 Å². The van der Waals surface area contributed by atoms with Crippen molar-refractivity contribution in [2.45, 2.75) is 27.8 Å². The van der Waals surface area contributed by atoms with Crippen molar-refractivity contribution < 1.29 is 56.5 Å². The smallest absolute Gasteiger partial charge is 0.199 e. The van der Waals surface area contributed by atoms with Gasteiger partial charge in [-0.2, -0.15) is 52.3 Å². The zero-order valence-corrected chi connectivity index (χ0v) is 14.3. The van der Waals surface area contributed by atoms with Crippen LogP contribution in [0.2, 0.25) is 0 Å². The fourth-order valence-corrected chi connectivity index (χ4v) is 6.20. The van der Waals surface area contributed by atoms with Gasteiger partial charge in [0, 0.05) is 0 Å². The summed E-state index contributed by atoms with van der Waals surface area (Å²) < 4.78 is 165. The molecule has 4 nitrogen and oxygen atoms in total. The Morgan fingerprint density at radius 3 is 1.48 bits per heavy atom. The van der Waals surface area contributed by atoms with Gasteiger partial charge in [0.1, 0.15) is 0 Å². The van der Waals surface area contributed by atoms with Gasteiger partial charge < -0.3 is 0 Å². The van der Waals surface area contributed by atoms with Crippen molar-refractivity contribution >= 4 is 20.1 Å². The maximum absolute atomic E-state index is 14.5. The first-order valence-electron chi connectivity index (χ1n) is 6.23. The monoisotopic (exact) mass is 456 g/mol. The average Bonchev–Trinajstić information content (AvgIpc) is 2.50. The maximum atomic E-state index is 14.5. The van der Waals surface area contributed by atoms with Gasteiger partial charge in [0.25, 0.3) is 10.1 Å². The Hall–Kier alpha value is -1.42. The number of hydrogen-bond acceptors (Lipinski definition) is 3. The number of alkyl halides is 10. The summed E-state index contributed by atoms with van der Waals surface area (Å²) in [6.45, 7) is 0. The van der Waals surface area contributed by atoms with E-state index in [1.54, 1.807) is 0 Å². The average molecular weight is 456 g/mol.